The van der Waals surface area contributed by atoms with E-state index in [2.05, 4.69) is 48.1 Å². The zero-order chi connectivity index (χ0) is 24.2. The molecule has 10 atom stereocenters. The lowest BCUT2D eigenvalue weighted by Gasteiger charge is -2.72. The van der Waals surface area contributed by atoms with Gasteiger partial charge in [-0.1, -0.05) is 46.8 Å². The highest BCUT2D eigenvalue weighted by atomic mass is 35.5. The van der Waals surface area contributed by atoms with Crippen molar-refractivity contribution >= 4 is 18.4 Å². The highest BCUT2D eigenvalue weighted by Crippen LogP contribution is 2.77. The first-order chi connectivity index (χ1) is 15.3. The number of fused-ring (bicyclic) bond motifs is 7. The Morgan fingerprint density at radius 1 is 0.824 bits per heavy atom. The third-order valence-electron chi connectivity index (χ3n) is 13.5. The van der Waals surface area contributed by atoms with Gasteiger partial charge in [-0.15, -0.1) is 12.4 Å². The predicted octanol–water partition coefficient (Wildman–Crippen LogP) is 7.51. The maximum atomic E-state index is 12.8. The van der Waals surface area contributed by atoms with Gasteiger partial charge in [0.05, 0.1) is 11.5 Å². The van der Waals surface area contributed by atoms with Crippen LogP contribution in [0.1, 0.15) is 106 Å². The molecule has 34 heavy (non-hydrogen) atoms. The molecule has 5 aliphatic rings. The molecule has 0 bridgehead atoms. The molecular formula is C30H49ClO3. The number of rotatable bonds is 2. The summed E-state index contributed by atoms with van der Waals surface area (Å²) in [6.07, 6.45) is 10.5. The normalized spacial score (nSPS) is 53.4. The van der Waals surface area contributed by atoms with E-state index in [0.29, 0.717) is 23.7 Å². The van der Waals surface area contributed by atoms with Gasteiger partial charge in [0.25, 0.3) is 0 Å². The summed E-state index contributed by atoms with van der Waals surface area (Å²) in [6.45, 7) is 18.8. The molecule has 0 spiro atoms. The standard InChI is InChI=1S/C30H48O3.ClH/c1-18(2)19-10-15-30(25(32)33)17-16-28(6)20(24(19)30)8-9-22-27(5)13-12-23(31)26(3,4)21(27)11-14-29(22,28)7;/h19-24,31H,1,8-17H2,2-7H3,(H,32,33);1H/t19-,20+,21-,22+,23-,24+,27-,28+,29+,30-;/m0./s1. The molecule has 5 fully saturated rings. The molecule has 0 heterocycles. The van der Waals surface area contributed by atoms with Crippen molar-refractivity contribution in [2.75, 3.05) is 0 Å². The Morgan fingerprint density at radius 2 is 1.50 bits per heavy atom. The fourth-order valence-corrected chi connectivity index (χ4v) is 11.5. The van der Waals surface area contributed by atoms with Gasteiger partial charge in [-0.2, -0.15) is 0 Å². The van der Waals surface area contributed by atoms with Crippen molar-refractivity contribution in [1.29, 1.82) is 0 Å². The van der Waals surface area contributed by atoms with Crippen molar-refractivity contribution in [3.63, 3.8) is 0 Å². The van der Waals surface area contributed by atoms with E-state index in [9.17, 15) is 15.0 Å². The molecule has 0 radical (unpaired) electrons. The number of halogens is 1. The molecule has 0 aromatic heterocycles. The molecule has 5 saturated carbocycles. The molecule has 2 N–H and O–H groups in total. The second-order valence-corrected chi connectivity index (χ2v) is 14.5. The van der Waals surface area contributed by atoms with Gasteiger partial charge in [-0.3, -0.25) is 4.79 Å². The molecule has 0 aromatic carbocycles. The molecule has 0 aliphatic heterocycles. The zero-order valence-corrected chi connectivity index (χ0v) is 23.3. The number of hydrogen-bond acceptors (Lipinski definition) is 2. The van der Waals surface area contributed by atoms with Gasteiger partial charge in [0, 0.05) is 0 Å². The SMILES string of the molecule is C=C(C)[C@@H]1CC[C@]2(C(=O)O)CC[C@]3(C)[C@H](CC[C@@H]4[C@@]5(C)CC[C@H](O)C(C)(C)[C@@H]5CC[C@]43C)[C@@H]12.Cl. The van der Waals surface area contributed by atoms with Crippen LogP contribution in [0.15, 0.2) is 12.2 Å². The van der Waals surface area contributed by atoms with E-state index in [4.69, 9.17) is 0 Å². The van der Waals surface area contributed by atoms with E-state index < -0.39 is 11.4 Å². The molecule has 0 amide bonds. The van der Waals surface area contributed by atoms with Crippen LogP contribution in [0, 0.1) is 56.7 Å². The summed E-state index contributed by atoms with van der Waals surface area (Å²) in [6, 6.07) is 0. The molecule has 5 aliphatic carbocycles. The van der Waals surface area contributed by atoms with E-state index in [-0.39, 0.29) is 46.1 Å². The van der Waals surface area contributed by atoms with Gasteiger partial charge in [0.2, 0.25) is 0 Å². The Kier molecular flexibility index (Phi) is 6.22. The van der Waals surface area contributed by atoms with Gasteiger partial charge >= 0.3 is 5.97 Å². The minimum absolute atomic E-state index is 0. The lowest BCUT2D eigenvalue weighted by atomic mass is 9.32. The van der Waals surface area contributed by atoms with Crippen LogP contribution < -0.4 is 0 Å². The molecule has 0 aromatic rings. The van der Waals surface area contributed by atoms with E-state index in [1.807, 2.05) is 0 Å². The van der Waals surface area contributed by atoms with Crippen molar-refractivity contribution in [3.8, 4) is 0 Å². The van der Waals surface area contributed by atoms with Crippen molar-refractivity contribution < 1.29 is 15.0 Å². The summed E-state index contributed by atoms with van der Waals surface area (Å²) in [5.41, 5.74) is 1.35. The van der Waals surface area contributed by atoms with Crippen LogP contribution in [-0.2, 0) is 4.79 Å². The Hall–Kier alpha value is -0.540. The van der Waals surface area contributed by atoms with E-state index in [1.165, 1.54) is 31.3 Å². The van der Waals surface area contributed by atoms with Crippen molar-refractivity contribution in [1.82, 2.24) is 0 Å². The Labute approximate surface area is 214 Å². The van der Waals surface area contributed by atoms with E-state index in [0.717, 1.165) is 38.5 Å². The average Bonchev–Trinajstić information content (AvgIpc) is 3.13. The topological polar surface area (TPSA) is 57.5 Å². The van der Waals surface area contributed by atoms with Crippen LogP contribution in [0.4, 0.5) is 0 Å². The quantitative estimate of drug-likeness (QED) is 0.392. The number of aliphatic hydroxyl groups excluding tert-OH is 1. The minimum atomic E-state index is -0.538. The fourth-order valence-electron chi connectivity index (χ4n) is 11.5. The molecule has 0 saturated heterocycles. The van der Waals surface area contributed by atoms with Gasteiger partial charge in [-0.25, -0.2) is 0 Å². The van der Waals surface area contributed by atoms with Crippen LogP contribution in [0.2, 0.25) is 0 Å². The maximum absolute atomic E-state index is 12.8. The summed E-state index contributed by atoms with van der Waals surface area (Å²) in [4.78, 5) is 12.8. The summed E-state index contributed by atoms with van der Waals surface area (Å²) in [5, 5.41) is 21.4. The third-order valence-corrected chi connectivity index (χ3v) is 13.5. The zero-order valence-electron chi connectivity index (χ0n) is 22.5. The van der Waals surface area contributed by atoms with Gasteiger partial charge < -0.3 is 10.2 Å². The van der Waals surface area contributed by atoms with Crippen LogP contribution in [0.3, 0.4) is 0 Å². The third kappa shape index (κ3) is 3.01. The highest BCUT2D eigenvalue weighted by Gasteiger charge is 2.71. The van der Waals surface area contributed by atoms with E-state index >= 15 is 0 Å². The minimum Gasteiger partial charge on any atom is -0.481 e. The first-order valence-electron chi connectivity index (χ1n) is 13.8. The predicted molar refractivity (Wildman–Crippen MR) is 140 cm³/mol. The smallest absolute Gasteiger partial charge is 0.309 e. The molecule has 194 valence electrons. The Bertz CT molecular complexity index is 867. The second-order valence-electron chi connectivity index (χ2n) is 14.5. The largest absolute Gasteiger partial charge is 0.481 e. The Morgan fingerprint density at radius 3 is 2.12 bits per heavy atom. The van der Waals surface area contributed by atoms with Crippen LogP contribution >= 0.6 is 12.4 Å². The second kappa shape index (κ2) is 7.98. The molecular weight excluding hydrogens is 444 g/mol. The van der Waals surface area contributed by atoms with Crippen molar-refractivity contribution in [3.05, 3.63) is 12.2 Å². The van der Waals surface area contributed by atoms with Gasteiger partial charge in [0.15, 0.2) is 0 Å². The number of allylic oxidation sites excluding steroid dienone is 1. The molecule has 3 nitrogen and oxygen atoms in total. The van der Waals surface area contributed by atoms with Crippen LogP contribution in [-0.4, -0.2) is 22.3 Å². The van der Waals surface area contributed by atoms with E-state index in [1.54, 1.807) is 0 Å². The maximum Gasteiger partial charge on any atom is 0.309 e. The monoisotopic (exact) mass is 492 g/mol. The van der Waals surface area contributed by atoms with Crippen molar-refractivity contribution in [2.24, 2.45) is 56.7 Å². The highest BCUT2D eigenvalue weighted by molar-refractivity contribution is 5.85. The Balaban J connectivity index is 0.00000274. The summed E-state index contributed by atoms with van der Waals surface area (Å²) >= 11 is 0. The van der Waals surface area contributed by atoms with Gasteiger partial charge in [-0.05, 0) is 122 Å². The van der Waals surface area contributed by atoms with Crippen molar-refractivity contribution in [2.45, 2.75) is 112 Å². The van der Waals surface area contributed by atoms with Crippen LogP contribution in [0.5, 0.6) is 0 Å². The molecule has 5 rings (SSSR count). The number of hydrogen-bond donors (Lipinski definition) is 2. The summed E-state index contributed by atoms with van der Waals surface area (Å²) in [5.74, 6) is 1.79. The summed E-state index contributed by atoms with van der Waals surface area (Å²) < 4.78 is 0. The average molecular weight is 493 g/mol. The number of carbonyl (C=O) groups is 1. The molecule has 4 heteroatoms. The van der Waals surface area contributed by atoms with Gasteiger partial charge in [0.1, 0.15) is 0 Å². The lowest BCUT2D eigenvalue weighted by molar-refractivity contribution is -0.248. The lowest BCUT2D eigenvalue weighted by Crippen LogP contribution is -2.67. The number of aliphatic hydroxyl groups is 1. The molecule has 0 unspecified atom stereocenters. The number of aliphatic carboxylic acids is 1. The summed E-state index contributed by atoms with van der Waals surface area (Å²) in [7, 11) is 0. The van der Waals surface area contributed by atoms with Crippen LogP contribution in [0.25, 0.3) is 0 Å². The number of carboxylic acids is 1. The number of carboxylic acid groups (broad SMARTS) is 1. The first kappa shape index (κ1) is 26.5. The fraction of sp³-hybridized carbons (Fsp3) is 0.900. The first-order valence-corrected chi connectivity index (χ1v) is 13.8.